The van der Waals surface area contributed by atoms with E-state index >= 15 is 0 Å². The average molecular weight is 238 g/mol. The van der Waals surface area contributed by atoms with Crippen LogP contribution in [-0.2, 0) is 11.3 Å². The molecule has 4 nitrogen and oxygen atoms in total. The summed E-state index contributed by atoms with van der Waals surface area (Å²) in [6.07, 6.45) is 0.136. The van der Waals surface area contributed by atoms with Crippen LogP contribution in [0.4, 0.5) is 5.82 Å². The lowest BCUT2D eigenvalue weighted by Gasteiger charge is -2.14. The minimum atomic E-state index is 0.0384. The Morgan fingerprint density at radius 3 is 2.59 bits per heavy atom. The zero-order valence-electron chi connectivity index (χ0n) is 11.0. The van der Waals surface area contributed by atoms with Gasteiger partial charge in [-0.3, -0.25) is 0 Å². The third-order valence-electron chi connectivity index (χ3n) is 2.65. The summed E-state index contributed by atoms with van der Waals surface area (Å²) >= 11 is 0. The third-order valence-corrected chi connectivity index (χ3v) is 2.65. The number of pyridine rings is 1. The highest BCUT2D eigenvalue weighted by Crippen LogP contribution is 2.17. The standard InChI is InChI=1S/C13H22N2O2/c1-9(2)12-5-11(8-16)6-13(15-12)14-7-10(3)17-4/h5-6,9-10,16H,7-8H2,1-4H3,(H,14,15). The molecule has 0 aromatic carbocycles. The molecule has 0 aliphatic heterocycles. The lowest BCUT2D eigenvalue weighted by molar-refractivity contribution is 0.128. The Hall–Kier alpha value is -1.13. The molecule has 1 aromatic rings. The van der Waals surface area contributed by atoms with Gasteiger partial charge in [0.25, 0.3) is 0 Å². The van der Waals surface area contributed by atoms with Crippen molar-refractivity contribution in [2.24, 2.45) is 0 Å². The smallest absolute Gasteiger partial charge is 0.126 e. The second-order valence-corrected chi connectivity index (χ2v) is 4.53. The highest BCUT2D eigenvalue weighted by molar-refractivity contribution is 5.40. The van der Waals surface area contributed by atoms with E-state index in [1.165, 1.54) is 0 Å². The number of ether oxygens (including phenoxy) is 1. The number of anilines is 1. The van der Waals surface area contributed by atoms with Crippen LogP contribution in [0.3, 0.4) is 0 Å². The van der Waals surface area contributed by atoms with Gasteiger partial charge >= 0.3 is 0 Å². The Morgan fingerprint density at radius 2 is 2.06 bits per heavy atom. The Balaban J connectivity index is 2.80. The van der Waals surface area contributed by atoms with Crippen molar-refractivity contribution >= 4 is 5.82 Å². The molecule has 4 heteroatoms. The maximum absolute atomic E-state index is 9.21. The molecule has 0 bridgehead atoms. The number of rotatable bonds is 6. The van der Waals surface area contributed by atoms with Gasteiger partial charge in [-0.2, -0.15) is 0 Å². The van der Waals surface area contributed by atoms with Crippen LogP contribution >= 0.6 is 0 Å². The fraction of sp³-hybridized carbons (Fsp3) is 0.615. The quantitative estimate of drug-likeness (QED) is 0.797. The molecule has 1 aromatic heterocycles. The van der Waals surface area contributed by atoms with Crippen molar-refractivity contribution in [1.82, 2.24) is 4.98 Å². The first-order valence-corrected chi connectivity index (χ1v) is 5.95. The van der Waals surface area contributed by atoms with E-state index in [0.717, 1.165) is 17.1 Å². The molecular weight excluding hydrogens is 216 g/mol. The summed E-state index contributed by atoms with van der Waals surface area (Å²) in [4.78, 5) is 4.51. The number of aromatic nitrogens is 1. The maximum Gasteiger partial charge on any atom is 0.126 e. The Kier molecular flexibility index (Phi) is 5.38. The van der Waals surface area contributed by atoms with Gasteiger partial charge in [0.1, 0.15) is 5.82 Å². The predicted molar refractivity (Wildman–Crippen MR) is 69.2 cm³/mol. The van der Waals surface area contributed by atoms with Crippen LogP contribution in [0.1, 0.15) is 37.9 Å². The van der Waals surface area contributed by atoms with Crippen LogP contribution in [0.2, 0.25) is 0 Å². The molecule has 96 valence electrons. The van der Waals surface area contributed by atoms with Crippen LogP contribution in [0.25, 0.3) is 0 Å². The zero-order chi connectivity index (χ0) is 12.8. The molecule has 0 radical (unpaired) electrons. The fourth-order valence-electron chi connectivity index (χ4n) is 1.42. The Bertz CT molecular complexity index is 353. The van der Waals surface area contributed by atoms with Crippen molar-refractivity contribution < 1.29 is 9.84 Å². The SMILES string of the molecule is COC(C)CNc1cc(CO)cc(C(C)C)n1. The Morgan fingerprint density at radius 1 is 1.35 bits per heavy atom. The van der Waals surface area contributed by atoms with Gasteiger partial charge in [-0.1, -0.05) is 13.8 Å². The topological polar surface area (TPSA) is 54.4 Å². The van der Waals surface area contributed by atoms with Crippen LogP contribution in [-0.4, -0.2) is 29.8 Å². The van der Waals surface area contributed by atoms with Gasteiger partial charge in [0.2, 0.25) is 0 Å². The second kappa shape index (κ2) is 6.57. The van der Waals surface area contributed by atoms with E-state index < -0.39 is 0 Å². The molecule has 1 rings (SSSR count). The number of aliphatic hydroxyl groups excluding tert-OH is 1. The molecule has 17 heavy (non-hydrogen) atoms. The van der Waals surface area contributed by atoms with Crippen molar-refractivity contribution in [1.29, 1.82) is 0 Å². The maximum atomic E-state index is 9.21. The Labute approximate surface area is 103 Å². The van der Waals surface area contributed by atoms with Gasteiger partial charge in [0, 0.05) is 19.3 Å². The largest absolute Gasteiger partial charge is 0.392 e. The normalized spacial score (nSPS) is 12.8. The molecule has 0 aliphatic rings. The van der Waals surface area contributed by atoms with Crippen molar-refractivity contribution in [3.05, 3.63) is 23.4 Å². The molecular formula is C13H22N2O2. The van der Waals surface area contributed by atoms with Gasteiger partial charge in [0.15, 0.2) is 0 Å². The summed E-state index contributed by atoms with van der Waals surface area (Å²) in [5.41, 5.74) is 1.88. The van der Waals surface area contributed by atoms with Gasteiger partial charge < -0.3 is 15.2 Å². The van der Waals surface area contributed by atoms with E-state index in [2.05, 4.69) is 24.1 Å². The summed E-state index contributed by atoms with van der Waals surface area (Å²) in [5, 5.41) is 12.4. The number of methoxy groups -OCH3 is 1. The third kappa shape index (κ3) is 4.32. The fourth-order valence-corrected chi connectivity index (χ4v) is 1.42. The summed E-state index contributed by atoms with van der Waals surface area (Å²) < 4.78 is 5.17. The van der Waals surface area contributed by atoms with Gasteiger partial charge in [-0.05, 0) is 30.5 Å². The molecule has 0 aliphatic carbocycles. The van der Waals surface area contributed by atoms with Gasteiger partial charge in [-0.15, -0.1) is 0 Å². The summed E-state index contributed by atoms with van der Waals surface area (Å²) in [6.45, 7) is 6.91. The molecule has 1 unspecified atom stereocenters. The second-order valence-electron chi connectivity index (χ2n) is 4.53. The van der Waals surface area contributed by atoms with Crippen LogP contribution < -0.4 is 5.32 Å². The summed E-state index contributed by atoms with van der Waals surface area (Å²) in [7, 11) is 1.68. The molecule has 0 saturated carbocycles. The van der Waals surface area contributed by atoms with Gasteiger partial charge in [0.05, 0.1) is 12.7 Å². The molecule has 2 N–H and O–H groups in total. The lowest BCUT2D eigenvalue weighted by atomic mass is 10.1. The minimum Gasteiger partial charge on any atom is -0.392 e. The van der Waals surface area contributed by atoms with Crippen LogP contribution in [0.5, 0.6) is 0 Å². The van der Waals surface area contributed by atoms with E-state index in [0.29, 0.717) is 12.5 Å². The molecule has 0 fully saturated rings. The lowest BCUT2D eigenvalue weighted by Crippen LogP contribution is -2.19. The molecule has 0 spiro atoms. The van der Waals surface area contributed by atoms with E-state index in [4.69, 9.17) is 4.74 Å². The predicted octanol–water partition coefficient (Wildman–Crippen LogP) is 2.14. The summed E-state index contributed by atoms with van der Waals surface area (Å²) in [6, 6.07) is 3.81. The summed E-state index contributed by atoms with van der Waals surface area (Å²) in [5.74, 6) is 1.14. The van der Waals surface area contributed by atoms with Crippen molar-refractivity contribution in [2.75, 3.05) is 19.0 Å². The zero-order valence-corrected chi connectivity index (χ0v) is 11.0. The van der Waals surface area contributed by atoms with E-state index in [1.54, 1.807) is 7.11 Å². The number of hydrogen-bond acceptors (Lipinski definition) is 4. The minimum absolute atomic E-state index is 0.0384. The first-order chi connectivity index (χ1) is 8.06. The molecule has 1 atom stereocenters. The van der Waals surface area contributed by atoms with Crippen molar-refractivity contribution in [3.63, 3.8) is 0 Å². The first-order valence-electron chi connectivity index (χ1n) is 5.95. The number of nitrogens with one attached hydrogen (secondary N) is 1. The van der Waals surface area contributed by atoms with Gasteiger partial charge in [-0.25, -0.2) is 4.98 Å². The van der Waals surface area contributed by atoms with E-state index in [-0.39, 0.29) is 12.7 Å². The van der Waals surface area contributed by atoms with Crippen molar-refractivity contribution in [3.8, 4) is 0 Å². The number of nitrogens with zero attached hydrogens (tertiary/aromatic N) is 1. The van der Waals surface area contributed by atoms with Crippen LogP contribution in [0.15, 0.2) is 12.1 Å². The molecule has 0 saturated heterocycles. The number of aliphatic hydroxyl groups is 1. The van der Waals surface area contributed by atoms with Crippen LogP contribution in [0, 0.1) is 0 Å². The first kappa shape index (κ1) is 13.9. The highest BCUT2D eigenvalue weighted by atomic mass is 16.5. The van der Waals surface area contributed by atoms with E-state index in [1.807, 2.05) is 19.1 Å². The van der Waals surface area contributed by atoms with E-state index in [9.17, 15) is 5.11 Å². The monoisotopic (exact) mass is 238 g/mol. The van der Waals surface area contributed by atoms with Crippen molar-refractivity contribution in [2.45, 2.75) is 39.4 Å². The number of hydrogen-bond donors (Lipinski definition) is 2. The average Bonchev–Trinajstić information content (AvgIpc) is 2.35. The molecule has 0 amide bonds. The highest BCUT2D eigenvalue weighted by Gasteiger charge is 2.07. The molecule has 1 heterocycles.